The third kappa shape index (κ3) is 2.40. The van der Waals surface area contributed by atoms with Crippen molar-refractivity contribution in [2.24, 2.45) is 0 Å². The molecule has 19 heavy (non-hydrogen) atoms. The summed E-state index contributed by atoms with van der Waals surface area (Å²) in [6.45, 7) is 0. The van der Waals surface area contributed by atoms with E-state index >= 15 is 0 Å². The van der Waals surface area contributed by atoms with Crippen LogP contribution in [0, 0.1) is 0 Å². The first-order valence-corrected chi connectivity index (χ1v) is 7.16. The summed E-state index contributed by atoms with van der Waals surface area (Å²) >= 11 is 6.91. The summed E-state index contributed by atoms with van der Waals surface area (Å²) in [7, 11) is 1.63. The van der Waals surface area contributed by atoms with Gasteiger partial charge in [-0.1, -0.05) is 22.0 Å². The van der Waals surface area contributed by atoms with E-state index in [-0.39, 0.29) is 0 Å². The maximum Gasteiger partial charge on any atom is 0.227 e. The zero-order chi connectivity index (χ0) is 13.4. The number of halogens is 2. The van der Waals surface area contributed by atoms with Crippen molar-refractivity contribution in [1.82, 2.24) is 4.98 Å². The fourth-order valence-corrected chi connectivity index (χ4v) is 2.74. The van der Waals surface area contributed by atoms with Gasteiger partial charge in [-0.3, -0.25) is 0 Å². The molecule has 0 spiro atoms. The topological polar surface area (TPSA) is 35.3 Å². The van der Waals surface area contributed by atoms with Crippen molar-refractivity contribution < 1.29 is 9.15 Å². The Morgan fingerprint density at radius 2 is 2.00 bits per heavy atom. The van der Waals surface area contributed by atoms with Crippen LogP contribution in [-0.4, -0.2) is 12.1 Å². The molecule has 0 saturated heterocycles. The lowest BCUT2D eigenvalue weighted by Crippen LogP contribution is -1.82. The van der Waals surface area contributed by atoms with Crippen LogP contribution in [0.1, 0.15) is 0 Å². The van der Waals surface area contributed by atoms with E-state index < -0.39 is 0 Å². The lowest BCUT2D eigenvalue weighted by molar-refractivity contribution is 0.415. The summed E-state index contributed by atoms with van der Waals surface area (Å²) in [5.41, 5.74) is 2.41. The van der Waals surface area contributed by atoms with Crippen LogP contribution in [0.5, 0.6) is 5.75 Å². The molecule has 2 aromatic carbocycles. The number of methoxy groups -OCH3 is 1. The summed E-state index contributed by atoms with van der Waals surface area (Å²) in [5, 5.41) is 0. The number of aromatic nitrogens is 1. The highest BCUT2D eigenvalue weighted by molar-refractivity contribution is 9.11. The van der Waals surface area contributed by atoms with Gasteiger partial charge in [0.15, 0.2) is 5.58 Å². The second kappa shape index (κ2) is 4.98. The lowest BCUT2D eigenvalue weighted by atomic mass is 10.2. The number of rotatable bonds is 2. The number of oxazole rings is 1. The van der Waals surface area contributed by atoms with E-state index in [9.17, 15) is 0 Å². The number of nitrogens with zero attached hydrogens (tertiary/aromatic N) is 1. The molecule has 0 amide bonds. The highest BCUT2D eigenvalue weighted by Crippen LogP contribution is 2.33. The normalized spacial score (nSPS) is 10.9. The Hall–Kier alpha value is -1.33. The van der Waals surface area contributed by atoms with E-state index in [4.69, 9.17) is 9.15 Å². The van der Waals surface area contributed by atoms with Gasteiger partial charge in [-0.15, -0.1) is 0 Å². The summed E-state index contributed by atoms with van der Waals surface area (Å²) in [4.78, 5) is 4.50. The molecule has 96 valence electrons. The van der Waals surface area contributed by atoms with Gasteiger partial charge in [0, 0.05) is 16.1 Å². The Bertz CT molecular complexity index is 752. The number of fused-ring (bicyclic) bond motifs is 1. The second-order valence-corrected chi connectivity index (χ2v) is 5.76. The predicted molar refractivity (Wildman–Crippen MR) is 81.4 cm³/mol. The Kier molecular flexibility index (Phi) is 3.33. The zero-order valence-electron chi connectivity index (χ0n) is 9.98. The van der Waals surface area contributed by atoms with Gasteiger partial charge in [0.25, 0.3) is 0 Å². The van der Waals surface area contributed by atoms with Crippen molar-refractivity contribution in [1.29, 1.82) is 0 Å². The molecule has 3 rings (SSSR count). The van der Waals surface area contributed by atoms with Gasteiger partial charge in [-0.2, -0.15) is 0 Å². The number of hydrogen-bond donors (Lipinski definition) is 0. The van der Waals surface area contributed by atoms with Crippen molar-refractivity contribution in [2.75, 3.05) is 7.11 Å². The van der Waals surface area contributed by atoms with E-state index in [1.807, 2.05) is 36.4 Å². The largest absolute Gasteiger partial charge is 0.497 e. The minimum absolute atomic E-state index is 0.588. The minimum Gasteiger partial charge on any atom is -0.497 e. The van der Waals surface area contributed by atoms with Gasteiger partial charge in [-0.05, 0) is 40.2 Å². The molecule has 0 radical (unpaired) electrons. The molecule has 5 heteroatoms. The molecule has 0 aliphatic rings. The SMILES string of the molecule is COc1cc(Br)c2oc(-c3cccc(Br)c3)nc2c1. The molecule has 3 aromatic rings. The van der Waals surface area contributed by atoms with Crippen LogP contribution < -0.4 is 4.74 Å². The molecular weight excluding hydrogens is 374 g/mol. The molecule has 0 N–H and O–H groups in total. The Balaban J connectivity index is 2.19. The van der Waals surface area contributed by atoms with Gasteiger partial charge in [0.1, 0.15) is 11.3 Å². The molecule has 0 atom stereocenters. The average molecular weight is 383 g/mol. The van der Waals surface area contributed by atoms with Crippen LogP contribution >= 0.6 is 31.9 Å². The van der Waals surface area contributed by atoms with Crippen molar-refractivity contribution in [3.63, 3.8) is 0 Å². The molecule has 3 nitrogen and oxygen atoms in total. The first-order valence-electron chi connectivity index (χ1n) is 5.57. The smallest absolute Gasteiger partial charge is 0.227 e. The molecule has 0 bridgehead atoms. The monoisotopic (exact) mass is 381 g/mol. The average Bonchev–Trinajstić information content (AvgIpc) is 2.83. The first kappa shape index (κ1) is 12.7. The molecule has 0 unspecified atom stereocenters. The predicted octanol–water partition coefficient (Wildman–Crippen LogP) is 5.03. The molecule has 0 saturated carbocycles. The van der Waals surface area contributed by atoms with E-state index in [2.05, 4.69) is 36.8 Å². The van der Waals surface area contributed by atoms with Gasteiger partial charge in [0.05, 0.1) is 11.6 Å². The first-order chi connectivity index (χ1) is 9.17. The third-order valence-corrected chi connectivity index (χ3v) is 3.81. The zero-order valence-corrected chi connectivity index (χ0v) is 13.2. The van der Waals surface area contributed by atoms with E-state index in [1.54, 1.807) is 7.11 Å². The van der Waals surface area contributed by atoms with Crippen LogP contribution in [0.4, 0.5) is 0 Å². The van der Waals surface area contributed by atoms with E-state index in [0.717, 1.165) is 31.4 Å². The fourth-order valence-electron chi connectivity index (χ4n) is 1.83. The van der Waals surface area contributed by atoms with Crippen LogP contribution in [0.3, 0.4) is 0 Å². The van der Waals surface area contributed by atoms with Crippen molar-refractivity contribution >= 4 is 43.0 Å². The summed E-state index contributed by atoms with van der Waals surface area (Å²) in [6, 6.07) is 11.6. The van der Waals surface area contributed by atoms with Crippen LogP contribution in [0.2, 0.25) is 0 Å². The van der Waals surface area contributed by atoms with Crippen LogP contribution in [0.15, 0.2) is 49.8 Å². The quantitative estimate of drug-likeness (QED) is 0.623. The standard InChI is InChI=1S/C14H9Br2NO2/c1-18-10-6-11(16)13-12(7-10)17-14(19-13)8-3-2-4-9(15)5-8/h2-7H,1H3. The molecule has 1 heterocycles. The summed E-state index contributed by atoms with van der Waals surface area (Å²) in [5.74, 6) is 1.33. The van der Waals surface area contributed by atoms with Crippen molar-refractivity contribution in [3.8, 4) is 17.2 Å². The number of hydrogen-bond acceptors (Lipinski definition) is 3. The second-order valence-electron chi connectivity index (χ2n) is 3.99. The summed E-state index contributed by atoms with van der Waals surface area (Å²) in [6.07, 6.45) is 0. The van der Waals surface area contributed by atoms with Gasteiger partial charge < -0.3 is 9.15 Å². The minimum atomic E-state index is 0.588. The van der Waals surface area contributed by atoms with Crippen LogP contribution in [0.25, 0.3) is 22.6 Å². The number of benzene rings is 2. The van der Waals surface area contributed by atoms with Crippen molar-refractivity contribution in [3.05, 3.63) is 45.3 Å². The van der Waals surface area contributed by atoms with E-state index in [0.29, 0.717) is 5.89 Å². The van der Waals surface area contributed by atoms with Gasteiger partial charge in [-0.25, -0.2) is 4.98 Å². The molecular formula is C14H9Br2NO2. The maximum atomic E-state index is 5.80. The Morgan fingerprint density at radius 1 is 1.16 bits per heavy atom. The summed E-state index contributed by atoms with van der Waals surface area (Å²) < 4.78 is 12.8. The Morgan fingerprint density at radius 3 is 2.74 bits per heavy atom. The highest BCUT2D eigenvalue weighted by atomic mass is 79.9. The fraction of sp³-hybridized carbons (Fsp3) is 0.0714. The van der Waals surface area contributed by atoms with Crippen LogP contribution in [-0.2, 0) is 0 Å². The van der Waals surface area contributed by atoms with Crippen molar-refractivity contribution in [2.45, 2.75) is 0 Å². The lowest BCUT2D eigenvalue weighted by Gasteiger charge is -1.98. The Labute approximate surface area is 126 Å². The number of ether oxygens (including phenoxy) is 1. The molecule has 0 fully saturated rings. The van der Waals surface area contributed by atoms with Gasteiger partial charge >= 0.3 is 0 Å². The molecule has 0 aliphatic carbocycles. The highest BCUT2D eigenvalue weighted by Gasteiger charge is 2.12. The molecule has 1 aromatic heterocycles. The molecule has 0 aliphatic heterocycles. The van der Waals surface area contributed by atoms with Gasteiger partial charge in [0.2, 0.25) is 5.89 Å². The maximum absolute atomic E-state index is 5.80. The van der Waals surface area contributed by atoms with E-state index in [1.165, 1.54) is 0 Å². The third-order valence-electron chi connectivity index (χ3n) is 2.73.